The van der Waals surface area contributed by atoms with Crippen LogP contribution in [-0.2, 0) is 21.3 Å². The van der Waals surface area contributed by atoms with Crippen molar-refractivity contribution in [1.82, 2.24) is 4.90 Å². The molecule has 0 radical (unpaired) electrons. The van der Waals surface area contributed by atoms with Gasteiger partial charge >= 0.3 is 0 Å². The smallest absolute Gasteiger partial charge is 0.169 e. The molecule has 2 saturated heterocycles. The molecule has 1 aromatic rings. The normalized spacial score (nSPS) is 36.1. The second-order valence-electron chi connectivity index (χ2n) is 8.24. The monoisotopic (exact) mass is 345 g/mol. The lowest BCUT2D eigenvalue weighted by Crippen LogP contribution is -2.63. The molecular weight excluding hydrogens is 318 g/mol. The number of aromatic hydroxyl groups is 1. The molecule has 2 heterocycles. The second-order valence-corrected chi connectivity index (χ2v) is 8.24. The van der Waals surface area contributed by atoms with E-state index < -0.39 is 5.79 Å². The van der Waals surface area contributed by atoms with E-state index in [4.69, 9.17) is 14.2 Å². The van der Waals surface area contributed by atoms with Crippen LogP contribution in [0.5, 0.6) is 11.5 Å². The Labute approximate surface area is 148 Å². The van der Waals surface area contributed by atoms with Gasteiger partial charge in [-0.2, -0.15) is 0 Å². The van der Waals surface area contributed by atoms with Crippen LogP contribution >= 0.6 is 0 Å². The van der Waals surface area contributed by atoms with Crippen LogP contribution in [0.1, 0.15) is 36.8 Å². The number of rotatable bonds is 1. The quantitative estimate of drug-likeness (QED) is 0.847. The number of methoxy groups -OCH3 is 1. The van der Waals surface area contributed by atoms with Crippen molar-refractivity contribution in [3.63, 3.8) is 0 Å². The number of fused-ring (bicyclic) bond motifs is 1. The van der Waals surface area contributed by atoms with Crippen LogP contribution < -0.4 is 4.74 Å². The highest BCUT2D eigenvalue weighted by atomic mass is 16.7. The minimum Gasteiger partial charge on any atom is -0.504 e. The molecule has 1 aromatic carbocycles. The topological polar surface area (TPSA) is 51.2 Å². The molecule has 136 valence electrons. The third kappa shape index (κ3) is 2.06. The van der Waals surface area contributed by atoms with E-state index in [1.807, 2.05) is 6.07 Å². The van der Waals surface area contributed by atoms with Crippen molar-refractivity contribution in [2.24, 2.45) is 5.92 Å². The van der Waals surface area contributed by atoms with Gasteiger partial charge in [-0.15, -0.1) is 0 Å². The molecule has 2 bridgehead atoms. The Bertz CT molecular complexity index is 699. The number of piperidine rings is 1. The number of likely N-dealkylation sites (N-methyl/N-ethyl adjacent to an activating group) is 1. The van der Waals surface area contributed by atoms with Gasteiger partial charge in [-0.05, 0) is 50.4 Å². The molecule has 0 unspecified atom stereocenters. The van der Waals surface area contributed by atoms with E-state index in [9.17, 15) is 5.11 Å². The fourth-order valence-corrected chi connectivity index (χ4v) is 6.20. The van der Waals surface area contributed by atoms with Gasteiger partial charge in [-0.3, -0.25) is 0 Å². The van der Waals surface area contributed by atoms with Gasteiger partial charge in [0, 0.05) is 29.9 Å². The third-order valence-electron chi connectivity index (χ3n) is 7.26. The van der Waals surface area contributed by atoms with E-state index >= 15 is 0 Å². The fourth-order valence-electron chi connectivity index (χ4n) is 6.20. The summed E-state index contributed by atoms with van der Waals surface area (Å²) in [6, 6.07) is 4.59. The van der Waals surface area contributed by atoms with Crippen LogP contribution in [0, 0.1) is 5.92 Å². The van der Waals surface area contributed by atoms with Gasteiger partial charge in [0.15, 0.2) is 17.3 Å². The fraction of sp³-hybridized carbons (Fsp3) is 0.700. The van der Waals surface area contributed by atoms with Gasteiger partial charge in [-0.25, -0.2) is 0 Å². The van der Waals surface area contributed by atoms with E-state index in [0.717, 1.165) is 44.2 Å². The molecular formula is C20H27NO4. The lowest BCUT2D eigenvalue weighted by atomic mass is 9.51. The molecule has 0 aromatic heterocycles. The molecule has 3 atom stereocenters. The molecule has 25 heavy (non-hydrogen) atoms. The van der Waals surface area contributed by atoms with E-state index in [2.05, 4.69) is 18.0 Å². The largest absolute Gasteiger partial charge is 0.504 e. The Kier molecular flexibility index (Phi) is 3.41. The molecule has 5 heteroatoms. The van der Waals surface area contributed by atoms with E-state index in [-0.39, 0.29) is 5.41 Å². The summed E-state index contributed by atoms with van der Waals surface area (Å²) in [5.41, 5.74) is 2.30. The number of hydrogen-bond acceptors (Lipinski definition) is 5. The van der Waals surface area contributed by atoms with Crippen LogP contribution in [0.3, 0.4) is 0 Å². The van der Waals surface area contributed by atoms with Crippen LogP contribution in [0.15, 0.2) is 12.1 Å². The summed E-state index contributed by atoms with van der Waals surface area (Å²) < 4.78 is 17.7. The van der Waals surface area contributed by atoms with Crippen LogP contribution in [0.4, 0.5) is 0 Å². The first-order chi connectivity index (χ1) is 12.1. The van der Waals surface area contributed by atoms with Crippen LogP contribution in [0.25, 0.3) is 0 Å². The van der Waals surface area contributed by atoms with Gasteiger partial charge in [0.25, 0.3) is 0 Å². The first-order valence-electron chi connectivity index (χ1n) is 9.46. The zero-order valence-electron chi connectivity index (χ0n) is 15.1. The van der Waals surface area contributed by atoms with Crippen LogP contribution in [-0.4, -0.2) is 55.8 Å². The highest BCUT2D eigenvalue weighted by molar-refractivity contribution is 5.56. The number of phenols is 1. The second kappa shape index (κ2) is 5.35. The molecule has 1 N–H and O–H groups in total. The average Bonchev–Trinajstić information content (AvgIpc) is 3.05. The summed E-state index contributed by atoms with van der Waals surface area (Å²) in [6.45, 7) is 2.41. The van der Waals surface area contributed by atoms with Crippen LogP contribution in [0.2, 0.25) is 0 Å². The summed E-state index contributed by atoms with van der Waals surface area (Å²) in [6.07, 6.45) is 4.94. The zero-order chi connectivity index (χ0) is 17.2. The minimum atomic E-state index is -0.457. The molecule has 5 rings (SSSR count). The number of benzene rings is 1. The maximum atomic E-state index is 11.1. The highest BCUT2D eigenvalue weighted by Gasteiger charge is 2.61. The molecule has 1 spiro atoms. The third-order valence-corrected chi connectivity index (χ3v) is 7.26. The van der Waals surface area contributed by atoms with Crippen molar-refractivity contribution >= 4 is 0 Å². The number of likely N-dealkylation sites (tertiary alicyclic amines) is 1. The molecule has 0 amide bonds. The Morgan fingerprint density at radius 2 is 2.04 bits per heavy atom. The first-order valence-corrected chi connectivity index (χ1v) is 9.46. The van der Waals surface area contributed by atoms with Gasteiger partial charge in [0.05, 0.1) is 20.3 Å². The van der Waals surface area contributed by atoms with Gasteiger partial charge in [-0.1, -0.05) is 6.07 Å². The highest BCUT2D eigenvalue weighted by Crippen LogP contribution is 2.61. The van der Waals surface area contributed by atoms with Crippen molar-refractivity contribution in [2.75, 3.05) is 33.9 Å². The number of hydrogen-bond donors (Lipinski definition) is 1. The Morgan fingerprint density at radius 3 is 2.80 bits per heavy atom. The molecule has 3 fully saturated rings. The Hall–Kier alpha value is -1.30. The van der Waals surface area contributed by atoms with Gasteiger partial charge < -0.3 is 24.2 Å². The Balaban J connectivity index is 1.70. The molecule has 1 saturated carbocycles. The average molecular weight is 345 g/mol. The molecule has 5 nitrogen and oxygen atoms in total. The zero-order valence-corrected chi connectivity index (χ0v) is 15.1. The predicted octanol–water partition coefficient (Wildman–Crippen LogP) is 2.44. The first kappa shape index (κ1) is 15.9. The number of ether oxygens (including phenoxy) is 3. The summed E-state index contributed by atoms with van der Waals surface area (Å²) in [4.78, 5) is 2.52. The van der Waals surface area contributed by atoms with E-state index in [0.29, 0.717) is 36.7 Å². The number of phenolic OH excluding ortho intramolecular Hbond substituents is 1. The standard InChI is InChI=1S/C20H27NO4/c1-21-8-7-19-12-20(24-9-10-25-20)6-5-14(19)15(21)11-13-3-4-16(23-2)18(22)17(13)19/h3-4,14-15,22H,5-12H2,1-2H3/t14-,15+,19-/m1/s1. The summed E-state index contributed by atoms with van der Waals surface area (Å²) in [5, 5.41) is 11.1. The number of nitrogens with zero attached hydrogens (tertiary/aromatic N) is 1. The summed E-state index contributed by atoms with van der Waals surface area (Å²) >= 11 is 0. The van der Waals surface area contributed by atoms with Crippen molar-refractivity contribution in [1.29, 1.82) is 0 Å². The van der Waals surface area contributed by atoms with Gasteiger partial charge in [0.1, 0.15) is 0 Å². The molecule has 2 aliphatic carbocycles. The maximum Gasteiger partial charge on any atom is 0.169 e. The lowest BCUT2D eigenvalue weighted by molar-refractivity contribution is -0.213. The van der Waals surface area contributed by atoms with Crippen molar-refractivity contribution in [3.05, 3.63) is 23.3 Å². The van der Waals surface area contributed by atoms with Crippen molar-refractivity contribution in [2.45, 2.75) is 49.3 Å². The van der Waals surface area contributed by atoms with E-state index in [1.165, 1.54) is 5.56 Å². The van der Waals surface area contributed by atoms with Crippen molar-refractivity contribution in [3.8, 4) is 11.5 Å². The SMILES string of the molecule is COc1ccc2c(c1O)[C@@]13CCN(C)[C@@H](C2)[C@H]1CCC1(C3)OCCO1. The molecule has 4 aliphatic rings. The maximum absolute atomic E-state index is 11.1. The van der Waals surface area contributed by atoms with Crippen molar-refractivity contribution < 1.29 is 19.3 Å². The Morgan fingerprint density at radius 1 is 1.24 bits per heavy atom. The molecule has 2 aliphatic heterocycles. The summed E-state index contributed by atoms with van der Waals surface area (Å²) in [7, 11) is 3.87. The predicted molar refractivity (Wildman–Crippen MR) is 93.1 cm³/mol. The van der Waals surface area contributed by atoms with Gasteiger partial charge in [0.2, 0.25) is 0 Å². The summed E-state index contributed by atoms with van der Waals surface area (Å²) in [5.74, 6) is 0.997. The van der Waals surface area contributed by atoms with E-state index in [1.54, 1.807) is 7.11 Å². The minimum absolute atomic E-state index is 0.0774. The lowest BCUT2D eigenvalue weighted by Gasteiger charge is -2.60.